The van der Waals surface area contributed by atoms with Gasteiger partial charge in [0.05, 0.1) is 12.1 Å². The lowest BCUT2D eigenvalue weighted by atomic mass is 10.2. The number of aromatic nitrogens is 6. The minimum Gasteiger partial charge on any atom is -0.380 e. The van der Waals surface area contributed by atoms with Gasteiger partial charge in [-0.1, -0.05) is 6.92 Å². The van der Waals surface area contributed by atoms with E-state index in [9.17, 15) is 0 Å². The number of nitrogens with one attached hydrogen (secondary N) is 1. The smallest absolute Gasteiger partial charge is 0.254 e. The van der Waals surface area contributed by atoms with Crippen molar-refractivity contribution in [3.05, 3.63) is 36.7 Å². The highest BCUT2D eigenvalue weighted by atomic mass is 16.5. The van der Waals surface area contributed by atoms with Crippen LogP contribution in [0.4, 0.5) is 11.6 Å². The molecule has 2 atom stereocenters. The summed E-state index contributed by atoms with van der Waals surface area (Å²) in [5, 5.41) is 7.78. The summed E-state index contributed by atoms with van der Waals surface area (Å²) in [6.07, 6.45) is 6.83. The van der Waals surface area contributed by atoms with Crippen molar-refractivity contribution in [2.75, 3.05) is 30.4 Å². The Bertz CT molecular complexity index is 868. The summed E-state index contributed by atoms with van der Waals surface area (Å²) in [4.78, 5) is 19.4. The van der Waals surface area contributed by atoms with Crippen LogP contribution in [0.3, 0.4) is 0 Å². The molecule has 0 saturated carbocycles. The molecule has 1 saturated heterocycles. The third-order valence-corrected chi connectivity index (χ3v) is 4.76. The molecule has 3 aromatic heterocycles. The van der Waals surface area contributed by atoms with Gasteiger partial charge in [0.2, 0.25) is 0 Å². The second-order valence-electron chi connectivity index (χ2n) is 6.31. The molecule has 1 aliphatic heterocycles. The zero-order valence-electron chi connectivity index (χ0n) is 14.9. The maximum atomic E-state index is 5.59. The Balaban J connectivity index is 1.55. The maximum absolute atomic E-state index is 5.59. The van der Waals surface area contributed by atoms with Gasteiger partial charge in [0.15, 0.2) is 0 Å². The minimum atomic E-state index is 0.187. The predicted molar refractivity (Wildman–Crippen MR) is 97.2 cm³/mol. The minimum absolute atomic E-state index is 0.187. The molecule has 0 spiro atoms. The molecule has 4 heterocycles. The molecule has 0 amide bonds. The zero-order valence-corrected chi connectivity index (χ0v) is 14.9. The van der Waals surface area contributed by atoms with Gasteiger partial charge >= 0.3 is 0 Å². The van der Waals surface area contributed by atoms with Gasteiger partial charge < -0.3 is 15.0 Å². The van der Waals surface area contributed by atoms with E-state index in [0.29, 0.717) is 5.78 Å². The first-order valence-corrected chi connectivity index (χ1v) is 8.77. The molecular weight excluding hydrogens is 332 g/mol. The molecule has 0 aliphatic carbocycles. The first kappa shape index (κ1) is 16.6. The number of rotatable bonds is 6. The number of fused-ring (bicyclic) bond motifs is 1. The average Bonchev–Trinajstić information content (AvgIpc) is 3.33. The van der Waals surface area contributed by atoms with Crippen molar-refractivity contribution < 1.29 is 4.74 Å². The van der Waals surface area contributed by atoms with Crippen LogP contribution in [0.1, 0.15) is 19.0 Å². The summed E-state index contributed by atoms with van der Waals surface area (Å²) in [5.74, 6) is 2.43. The second kappa shape index (κ2) is 7.20. The molecule has 9 heteroatoms. The molecule has 3 aromatic rings. The van der Waals surface area contributed by atoms with Crippen LogP contribution in [0.15, 0.2) is 31.0 Å². The van der Waals surface area contributed by atoms with Crippen molar-refractivity contribution in [2.24, 2.45) is 0 Å². The standard InChI is InChI=1S/C17H22N8O/c1-3-12-6-16(25-17(23-12)21-11-22-25)19-8-13-7-14(26-2)9-24(13)15-4-5-18-10-20-15/h4-6,10-11,13-14,19H,3,7-9H2,1-2H3/t13-,14-/m1/s1. The van der Waals surface area contributed by atoms with Gasteiger partial charge in [-0.05, 0) is 18.9 Å². The van der Waals surface area contributed by atoms with Crippen LogP contribution in [0, 0.1) is 0 Å². The van der Waals surface area contributed by atoms with E-state index < -0.39 is 0 Å². The van der Waals surface area contributed by atoms with Gasteiger partial charge in [0, 0.05) is 38.2 Å². The highest BCUT2D eigenvalue weighted by Gasteiger charge is 2.33. The summed E-state index contributed by atoms with van der Waals surface area (Å²) in [6, 6.07) is 4.22. The second-order valence-corrected chi connectivity index (χ2v) is 6.31. The van der Waals surface area contributed by atoms with Gasteiger partial charge in [-0.25, -0.2) is 15.0 Å². The van der Waals surface area contributed by atoms with Crippen molar-refractivity contribution in [1.82, 2.24) is 29.5 Å². The first-order chi connectivity index (χ1) is 12.8. The lowest BCUT2D eigenvalue weighted by molar-refractivity contribution is 0.118. The monoisotopic (exact) mass is 354 g/mol. The number of methoxy groups -OCH3 is 1. The van der Waals surface area contributed by atoms with Gasteiger partial charge in [0.1, 0.15) is 24.3 Å². The van der Waals surface area contributed by atoms with Crippen molar-refractivity contribution in [3.63, 3.8) is 0 Å². The van der Waals surface area contributed by atoms with Gasteiger partial charge in [0.25, 0.3) is 5.78 Å². The summed E-state index contributed by atoms with van der Waals surface area (Å²) >= 11 is 0. The van der Waals surface area contributed by atoms with Crippen molar-refractivity contribution in [1.29, 1.82) is 0 Å². The number of hydrogen-bond acceptors (Lipinski definition) is 8. The SMILES string of the molecule is CCc1cc(NC[C@H]2C[C@@H](OC)CN2c2ccncn2)n2ncnc2n1. The zero-order chi connectivity index (χ0) is 17.9. The normalized spacial score (nSPS) is 20.0. The van der Waals surface area contributed by atoms with E-state index >= 15 is 0 Å². The molecule has 1 aliphatic rings. The number of ether oxygens (including phenoxy) is 1. The third-order valence-electron chi connectivity index (χ3n) is 4.76. The number of aryl methyl sites for hydroxylation is 1. The number of anilines is 2. The maximum Gasteiger partial charge on any atom is 0.254 e. The Morgan fingerprint density at radius 2 is 2.23 bits per heavy atom. The Kier molecular flexibility index (Phi) is 4.61. The van der Waals surface area contributed by atoms with Crippen LogP contribution >= 0.6 is 0 Å². The van der Waals surface area contributed by atoms with Gasteiger partial charge in [-0.15, -0.1) is 0 Å². The van der Waals surface area contributed by atoms with E-state index in [1.165, 1.54) is 6.33 Å². The van der Waals surface area contributed by atoms with Gasteiger partial charge in [-0.3, -0.25) is 0 Å². The highest BCUT2D eigenvalue weighted by molar-refractivity contribution is 5.46. The fourth-order valence-corrected chi connectivity index (χ4v) is 3.36. The highest BCUT2D eigenvalue weighted by Crippen LogP contribution is 2.25. The van der Waals surface area contributed by atoms with Crippen LogP contribution in [0.5, 0.6) is 0 Å². The summed E-state index contributed by atoms with van der Waals surface area (Å²) in [7, 11) is 1.76. The molecule has 0 bridgehead atoms. The Morgan fingerprint density at radius 1 is 1.31 bits per heavy atom. The van der Waals surface area contributed by atoms with Crippen LogP contribution in [-0.4, -0.2) is 61.9 Å². The largest absolute Gasteiger partial charge is 0.380 e. The third kappa shape index (κ3) is 3.17. The fraction of sp³-hybridized carbons (Fsp3) is 0.471. The molecule has 0 unspecified atom stereocenters. The number of hydrogen-bond donors (Lipinski definition) is 1. The van der Waals surface area contributed by atoms with Crippen LogP contribution in [0.25, 0.3) is 5.78 Å². The first-order valence-electron chi connectivity index (χ1n) is 8.77. The molecule has 0 aromatic carbocycles. The van der Waals surface area contributed by atoms with E-state index in [4.69, 9.17) is 4.74 Å². The molecule has 1 fully saturated rings. The van der Waals surface area contributed by atoms with Gasteiger partial charge in [-0.2, -0.15) is 14.6 Å². The molecule has 9 nitrogen and oxygen atoms in total. The predicted octanol–water partition coefficient (Wildman–Crippen LogP) is 1.18. The Hall–Kier alpha value is -2.81. The van der Waals surface area contributed by atoms with Crippen molar-refractivity contribution in [3.8, 4) is 0 Å². The van der Waals surface area contributed by atoms with E-state index in [1.54, 1.807) is 24.1 Å². The van der Waals surface area contributed by atoms with E-state index in [-0.39, 0.29) is 12.1 Å². The van der Waals surface area contributed by atoms with Crippen LogP contribution < -0.4 is 10.2 Å². The number of nitrogens with zero attached hydrogens (tertiary/aromatic N) is 7. The van der Waals surface area contributed by atoms with Crippen molar-refractivity contribution >= 4 is 17.4 Å². The Labute approximate surface area is 151 Å². The summed E-state index contributed by atoms with van der Waals surface area (Å²) < 4.78 is 7.32. The van der Waals surface area contributed by atoms with E-state index in [2.05, 4.69) is 42.2 Å². The molecule has 0 radical (unpaired) electrons. The quantitative estimate of drug-likeness (QED) is 0.705. The summed E-state index contributed by atoms with van der Waals surface area (Å²) in [5.41, 5.74) is 0.988. The van der Waals surface area contributed by atoms with Crippen molar-refractivity contribution in [2.45, 2.75) is 31.9 Å². The van der Waals surface area contributed by atoms with Crippen LogP contribution in [-0.2, 0) is 11.2 Å². The van der Waals surface area contributed by atoms with Crippen LogP contribution in [0.2, 0.25) is 0 Å². The molecule has 136 valence electrons. The molecule has 1 N–H and O–H groups in total. The Morgan fingerprint density at radius 3 is 3.00 bits per heavy atom. The lowest BCUT2D eigenvalue weighted by Crippen LogP contribution is -2.36. The molecule has 26 heavy (non-hydrogen) atoms. The topological polar surface area (TPSA) is 93.4 Å². The van der Waals surface area contributed by atoms with E-state index in [1.807, 2.05) is 12.1 Å². The summed E-state index contributed by atoms with van der Waals surface area (Å²) in [6.45, 7) is 3.64. The molecule has 4 rings (SSSR count). The fourth-order valence-electron chi connectivity index (χ4n) is 3.36. The average molecular weight is 354 g/mol. The lowest BCUT2D eigenvalue weighted by Gasteiger charge is -2.25. The molecular formula is C17H22N8O. The van der Waals surface area contributed by atoms with E-state index in [0.717, 1.165) is 43.3 Å².